The molecule has 1 fully saturated rings. The number of nitrogens with one attached hydrogen (secondary N) is 2. The molecule has 3 atom stereocenters. The lowest BCUT2D eigenvalue weighted by Crippen LogP contribution is -2.20. The highest BCUT2D eigenvalue weighted by Gasteiger charge is 2.36. The van der Waals surface area contributed by atoms with Crippen molar-refractivity contribution in [3.63, 3.8) is 0 Å². The van der Waals surface area contributed by atoms with Crippen LogP contribution in [-0.4, -0.2) is 22.2 Å². The summed E-state index contributed by atoms with van der Waals surface area (Å²) in [6.45, 7) is 4.29. The molecule has 1 aromatic rings. The van der Waals surface area contributed by atoms with Gasteiger partial charge in [0.25, 0.3) is 0 Å². The average molecular weight is 325 g/mol. The number of para-hydroxylation sites is 1. The summed E-state index contributed by atoms with van der Waals surface area (Å²) in [5.41, 5.74) is 6.84. The van der Waals surface area contributed by atoms with Gasteiger partial charge in [-0.15, -0.1) is 0 Å². The van der Waals surface area contributed by atoms with E-state index < -0.39 is 0 Å². The Kier molecular flexibility index (Phi) is 3.27. The topological polar surface area (TPSA) is 56.7 Å². The van der Waals surface area contributed by atoms with Crippen LogP contribution in [0.1, 0.15) is 19.4 Å². The predicted octanol–water partition coefficient (Wildman–Crippen LogP) is 3.29. The zero-order chi connectivity index (χ0) is 16.1. The molecule has 0 amide bonds. The van der Waals surface area contributed by atoms with Crippen molar-refractivity contribution in [3.8, 4) is 0 Å². The summed E-state index contributed by atoms with van der Waals surface area (Å²) in [5.74, 6) is 0.359. The summed E-state index contributed by atoms with van der Waals surface area (Å²) in [6.07, 6.45) is 4.43. The first kappa shape index (κ1) is 14.5. The lowest BCUT2D eigenvalue weighted by atomic mass is 9.90. The van der Waals surface area contributed by atoms with E-state index in [2.05, 4.69) is 54.4 Å². The monoisotopic (exact) mass is 325 g/mol. The smallest absolute Gasteiger partial charge is 0.135 e. The van der Waals surface area contributed by atoms with E-state index in [0.29, 0.717) is 11.6 Å². The Morgan fingerprint density at radius 2 is 1.96 bits per heavy atom. The third-order valence-electron chi connectivity index (χ3n) is 4.74. The van der Waals surface area contributed by atoms with Crippen LogP contribution >= 0.6 is 12.6 Å². The van der Waals surface area contributed by atoms with Gasteiger partial charge in [0.05, 0.1) is 11.7 Å². The molecule has 3 N–H and O–H groups in total. The molecule has 1 aromatic carbocycles. The number of benzene rings is 1. The first-order valence-electron chi connectivity index (χ1n) is 7.82. The highest BCUT2D eigenvalue weighted by atomic mass is 32.1. The maximum atomic E-state index is 9.57. The van der Waals surface area contributed by atoms with E-state index in [9.17, 15) is 5.21 Å². The molecule has 2 heterocycles. The Morgan fingerprint density at radius 1 is 1.17 bits per heavy atom. The Balaban J connectivity index is 1.89. The molecule has 23 heavy (non-hydrogen) atoms. The maximum absolute atomic E-state index is 9.57. The van der Waals surface area contributed by atoms with Crippen molar-refractivity contribution < 1.29 is 5.21 Å². The minimum Gasteiger partial charge on any atom is -0.410 e. The quantitative estimate of drug-likeness (QED) is 0.336. The van der Waals surface area contributed by atoms with Crippen LogP contribution in [0.5, 0.6) is 0 Å². The van der Waals surface area contributed by atoms with Crippen molar-refractivity contribution in [1.82, 2.24) is 5.32 Å². The SMILES string of the molecule is CC1NC2=CC(S)C(C)C=C2/C1=C1/Nc2ccccc2/C1=N\O. The molecule has 0 aromatic heterocycles. The molecule has 1 aliphatic carbocycles. The standard InChI is InChI=1S/C18H19N3OS/c1-9-7-12-14(8-15(9)23)19-10(2)16(12)18-17(21-22)11-5-3-4-6-13(11)20-18/h3-10,15,19-20,22-23H,1-2H3/b18-16+,21-17+. The highest BCUT2D eigenvalue weighted by molar-refractivity contribution is 7.81. The molecule has 0 bridgehead atoms. The van der Waals surface area contributed by atoms with E-state index in [4.69, 9.17) is 0 Å². The third kappa shape index (κ3) is 2.10. The summed E-state index contributed by atoms with van der Waals surface area (Å²) >= 11 is 4.63. The molecular weight excluding hydrogens is 306 g/mol. The second kappa shape index (κ2) is 5.20. The van der Waals surface area contributed by atoms with Gasteiger partial charge >= 0.3 is 0 Å². The fourth-order valence-electron chi connectivity index (χ4n) is 3.54. The number of hydrogen-bond donors (Lipinski definition) is 4. The second-order valence-electron chi connectivity index (χ2n) is 6.28. The molecule has 4 rings (SSSR count). The first-order valence-corrected chi connectivity index (χ1v) is 8.33. The molecule has 0 spiro atoms. The Labute approximate surface area is 141 Å². The predicted molar refractivity (Wildman–Crippen MR) is 96.1 cm³/mol. The van der Waals surface area contributed by atoms with Crippen LogP contribution in [0.2, 0.25) is 0 Å². The highest BCUT2D eigenvalue weighted by Crippen LogP contribution is 2.40. The normalized spacial score (nSPS) is 33.5. The van der Waals surface area contributed by atoms with Crippen molar-refractivity contribution in [2.24, 2.45) is 11.1 Å². The summed E-state index contributed by atoms with van der Waals surface area (Å²) in [6, 6.07) is 8.04. The minimum atomic E-state index is 0.145. The van der Waals surface area contributed by atoms with E-state index in [0.717, 1.165) is 28.2 Å². The Hall–Kier alpha value is -2.14. The molecular formula is C18H19N3OS. The van der Waals surface area contributed by atoms with Crippen molar-refractivity contribution in [2.45, 2.75) is 25.1 Å². The number of allylic oxidation sites excluding steroid dienone is 3. The maximum Gasteiger partial charge on any atom is 0.135 e. The molecule has 0 radical (unpaired) electrons. The first-order chi connectivity index (χ1) is 11.1. The molecule has 4 nitrogen and oxygen atoms in total. The van der Waals surface area contributed by atoms with E-state index in [-0.39, 0.29) is 11.3 Å². The second-order valence-corrected chi connectivity index (χ2v) is 6.88. The van der Waals surface area contributed by atoms with E-state index in [1.165, 1.54) is 5.57 Å². The lowest BCUT2D eigenvalue weighted by molar-refractivity contribution is 0.319. The van der Waals surface area contributed by atoms with Gasteiger partial charge in [-0.25, -0.2) is 0 Å². The molecule has 1 saturated heterocycles. The van der Waals surface area contributed by atoms with Crippen molar-refractivity contribution in [1.29, 1.82) is 0 Å². The van der Waals surface area contributed by atoms with Crippen LogP contribution in [0, 0.1) is 5.92 Å². The molecule has 0 saturated carbocycles. The van der Waals surface area contributed by atoms with Crippen LogP contribution in [0.25, 0.3) is 0 Å². The zero-order valence-corrected chi connectivity index (χ0v) is 13.9. The fourth-order valence-corrected chi connectivity index (χ4v) is 3.78. The van der Waals surface area contributed by atoms with Gasteiger partial charge in [-0.3, -0.25) is 0 Å². The zero-order valence-electron chi connectivity index (χ0n) is 13.0. The van der Waals surface area contributed by atoms with Gasteiger partial charge < -0.3 is 15.8 Å². The number of thiol groups is 1. The number of fused-ring (bicyclic) bond motifs is 2. The summed E-state index contributed by atoms with van der Waals surface area (Å²) in [7, 11) is 0. The molecule has 3 aliphatic rings. The largest absolute Gasteiger partial charge is 0.410 e. The van der Waals surface area contributed by atoms with Gasteiger partial charge in [-0.05, 0) is 25.0 Å². The fraction of sp³-hybridized carbons (Fsp3) is 0.278. The van der Waals surface area contributed by atoms with Crippen LogP contribution in [-0.2, 0) is 0 Å². The van der Waals surface area contributed by atoms with E-state index in [1.54, 1.807) is 0 Å². The van der Waals surface area contributed by atoms with Gasteiger partial charge in [0, 0.05) is 33.3 Å². The van der Waals surface area contributed by atoms with Crippen molar-refractivity contribution in [2.75, 3.05) is 5.32 Å². The third-order valence-corrected chi connectivity index (χ3v) is 5.36. The lowest BCUT2D eigenvalue weighted by Gasteiger charge is -2.20. The molecule has 5 heteroatoms. The van der Waals surface area contributed by atoms with Crippen LogP contribution in [0.15, 0.2) is 64.1 Å². The van der Waals surface area contributed by atoms with Crippen molar-refractivity contribution in [3.05, 3.63) is 64.5 Å². The number of oxime groups is 1. The van der Waals surface area contributed by atoms with Gasteiger partial charge in [-0.1, -0.05) is 36.4 Å². The van der Waals surface area contributed by atoms with Crippen LogP contribution in [0.4, 0.5) is 5.69 Å². The Bertz CT molecular complexity index is 806. The van der Waals surface area contributed by atoms with Crippen LogP contribution in [0.3, 0.4) is 0 Å². The summed E-state index contributed by atoms with van der Waals surface area (Å²) in [5, 5.41) is 20.3. The number of anilines is 1. The molecule has 3 unspecified atom stereocenters. The van der Waals surface area contributed by atoms with Gasteiger partial charge in [0.2, 0.25) is 0 Å². The van der Waals surface area contributed by atoms with Gasteiger partial charge in [-0.2, -0.15) is 12.6 Å². The molecule has 118 valence electrons. The summed E-state index contributed by atoms with van der Waals surface area (Å²) < 4.78 is 0. The van der Waals surface area contributed by atoms with Gasteiger partial charge in [0.1, 0.15) is 5.71 Å². The minimum absolute atomic E-state index is 0.145. The molecule has 2 aliphatic heterocycles. The average Bonchev–Trinajstić information content (AvgIpc) is 3.04. The number of rotatable bonds is 0. The van der Waals surface area contributed by atoms with E-state index >= 15 is 0 Å². The number of hydrogen-bond acceptors (Lipinski definition) is 5. The van der Waals surface area contributed by atoms with Crippen LogP contribution < -0.4 is 10.6 Å². The summed E-state index contributed by atoms with van der Waals surface area (Å²) in [4.78, 5) is 0. The van der Waals surface area contributed by atoms with Crippen molar-refractivity contribution >= 4 is 24.0 Å². The van der Waals surface area contributed by atoms with Gasteiger partial charge in [0.15, 0.2) is 0 Å². The van der Waals surface area contributed by atoms with E-state index in [1.807, 2.05) is 24.3 Å². The Morgan fingerprint density at radius 3 is 2.74 bits per heavy atom. The number of nitrogens with zero attached hydrogens (tertiary/aromatic N) is 1.